The molecule has 3 rings (SSSR count). The van der Waals surface area contributed by atoms with Crippen molar-refractivity contribution >= 4 is 11.5 Å². The first-order valence-electron chi connectivity index (χ1n) is 11.8. The number of aliphatic hydroxyl groups is 1. The molecule has 0 amide bonds. The van der Waals surface area contributed by atoms with E-state index in [1.807, 2.05) is 20.8 Å². The van der Waals surface area contributed by atoms with Crippen molar-refractivity contribution in [1.82, 2.24) is 0 Å². The topological polar surface area (TPSA) is 57.5 Å². The molecule has 2 aromatic carbocycles. The molecule has 0 aromatic heterocycles. The van der Waals surface area contributed by atoms with Crippen LogP contribution in [0.15, 0.2) is 43.0 Å². The van der Waals surface area contributed by atoms with Crippen molar-refractivity contribution in [3.8, 4) is 0 Å². The number of rotatable bonds is 3. The lowest BCUT2D eigenvalue weighted by Crippen LogP contribution is -2.45. The predicted molar refractivity (Wildman–Crippen MR) is 109 cm³/mol. The quantitative estimate of drug-likeness (QED) is 0.792. The largest absolute Gasteiger partial charge is 0.478 e. The molecule has 1 aliphatic rings. The monoisotopic (exact) mass is 370 g/mol. The van der Waals surface area contributed by atoms with Crippen LogP contribution in [0.25, 0.3) is 5.57 Å². The summed E-state index contributed by atoms with van der Waals surface area (Å²) < 4.78 is 49.3. The summed E-state index contributed by atoms with van der Waals surface area (Å²) in [6.45, 7) is 3.66. The molecule has 0 heterocycles. The zero-order valence-corrected chi connectivity index (χ0v) is 15.8. The number of fused-ring (bicyclic) bond motifs is 1. The zero-order chi connectivity index (χ0) is 25.1. The van der Waals surface area contributed by atoms with E-state index in [4.69, 9.17) is 13.3 Å². The van der Waals surface area contributed by atoms with Crippen LogP contribution in [0.5, 0.6) is 0 Å². The smallest absolute Gasteiger partial charge is 0.335 e. The Morgan fingerprint density at radius 2 is 1.74 bits per heavy atom. The molecule has 0 radical (unpaired) electrons. The van der Waals surface area contributed by atoms with E-state index in [1.54, 1.807) is 24.3 Å². The van der Waals surface area contributed by atoms with Gasteiger partial charge in [-0.25, -0.2) is 4.79 Å². The number of aliphatic hydroxyl groups excluding tert-OH is 1. The third-order valence-corrected chi connectivity index (χ3v) is 5.53. The van der Waals surface area contributed by atoms with E-state index in [1.165, 1.54) is 12.1 Å². The summed E-state index contributed by atoms with van der Waals surface area (Å²) >= 11 is 0. The first-order chi connectivity index (χ1) is 14.9. The Hall–Kier alpha value is -2.39. The van der Waals surface area contributed by atoms with Crippen LogP contribution >= 0.6 is 0 Å². The average molecular weight is 371 g/mol. The van der Waals surface area contributed by atoms with Crippen LogP contribution in [0.1, 0.15) is 80.4 Å². The van der Waals surface area contributed by atoms with Crippen LogP contribution in [-0.2, 0) is 10.8 Å². The summed E-state index contributed by atoms with van der Waals surface area (Å²) in [5.74, 6) is -1.06. The maximum Gasteiger partial charge on any atom is 0.335 e. The molecule has 0 bridgehead atoms. The van der Waals surface area contributed by atoms with Crippen molar-refractivity contribution in [2.45, 2.75) is 57.8 Å². The van der Waals surface area contributed by atoms with Crippen molar-refractivity contribution in [1.29, 1.82) is 0 Å². The van der Waals surface area contributed by atoms with Gasteiger partial charge >= 0.3 is 5.97 Å². The van der Waals surface area contributed by atoms with Gasteiger partial charge in [0, 0.05) is 13.6 Å². The van der Waals surface area contributed by atoms with E-state index in [0.29, 0.717) is 22.3 Å². The fraction of sp³-hybridized carbons (Fsp3) is 0.375. The molecule has 142 valence electrons. The molecule has 1 unspecified atom stereocenters. The highest BCUT2D eigenvalue weighted by molar-refractivity contribution is 5.89. The first-order valence-corrected chi connectivity index (χ1v) is 8.82. The SMILES string of the molecule is [2H]C([2H])([2H])C1(C([2H])([2H])[2H])c2cc(C(=C)c3ccc(C(=O)O)cc3)c(C)cc2C(C)(C)CC1O. The van der Waals surface area contributed by atoms with Gasteiger partial charge in [-0.2, -0.15) is 0 Å². The predicted octanol–water partition coefficient (Wildman–Crippen LogP) is 5.07. The lowest BCUT2D eigenvalue weighted by molar-refractivity contribution is 0.0582. The molecule has 0 saturated heterocycles. The van der Waals surface area contributed by atoms with Crippen molar-refractivity contribution in [2.24, 2.45) is 0 Å². The highest BCUT2D eigenvalue weighted by Gasteiger charge is 2.43. The van der Waals surface area contributed by atoms with E-state index in [0.717, 1.165) is 5.56 Å². The minimum Gasteiger partial charge on any atom is -0.478 e. The van der Waals surface area contributed by atoms with Crippen LogP contribution in [0.4, 0.5) is 0 Å². The molecule has 2 N–H and O–H groups in total. The Kier molecular flexibility index (Phi) is 3.03. The lowest BCUT2D eigenvalue weighted by Gasteiger charge is -2.46. The number of carbonyl (C=O) groups is 1. The second-order valence-electron chi connectivity index (χ2n) is 7.99. The molecule has 0 saturated carbocycles. The number of hydrogen-bond acceptors (Lipinski definition) is 2. The molecule has 3 nitrogen and oxygen atoms in total. The summed E-state index contributed by atoms with van der Waals surface area (Å²) in [6, 6.07) is 9.42. The molecule has 1 aliphatic carbocycles. The number of benzene rings is 2. The molecule has 1 atom stereocenters. The van der Waals surface area contributed by atoms with Crippen molar-refractivity contribution in [2.75, 3.05) is 0 Å². The summed E-state index contributed by atoms with van der Waals surface area (Å²) in [6.07, 6.45) is -1.62. The highest BCUT2D eigenvalue weighted by atomic mass is 16.4. The van der Waals surface area contributed by atoms with Crippen molar-refractivity contribution < 1.29 is 23.2 Å². The molecular formula is C24H28O3. The Bertz CT molecular complexity index is 1100. The van der Waals surface area contributed by atoms with E-state index >= 15 is 0 Å². The van der Waals surface area contributed by atoms with Crippen LogP contribution in [0.2, 0.25) is 0 Å². The Balaban J connectivity index is 2.32. The van der Waals surface area contributed by atoms with Crippen LogP contribution < -0.4 is 0 Å². The Morgan fingerprint density at radius 3 is 2.30 bits per heavy atom. The van der Waals surface area contributed by atoms with Gasteiger partial charge in [-0.1, -0.05) is 52.3 Å². The maximum absolute atomic E-state index is 11.2. The van der Waals surface area contributed by atoms with Gasteiger partial charge in [0.2, 0.25) is 0 Å². The molecule has 27 heavy (non-hydrogen) atoms. The zero-order valence-electron chi connectivity index (χ0n) is 21.8. The standard InChI is InChI=1S/C24H28O3/c1-14-11-19-20(24(5,6)21(25)13-23(19,3)4)12-18(14)15(2)16-7-9-17(10-8-16)22(26)27/h7-12,21,25H,2,13H2,1,3-6H3,(H,26,27)/i5D3,6D3. The summed E-state index contributed by atoms with van der Waals surface area (Å²) in [5.41, 5.74) is 0.0913. The van der Waals surface area contributed by atoms with Crippen LogP contribution in [-0.4, -0.2) is 22.3 Å². The molecule has 0 spiro atoms. The highest BCUT2D eigenvalue weighted by Crippen LogP contribution is 2.47. The minimum atomic E-state index is -3.00. The van der Waals surface area contributed by atoms with Crippen molar-refractivity contribution in [3.63, 3.8) is 0 Å². The summed E-state index contributed by atoms with van der Waals surface area (Å²) in [7, 11) is 0. The number of hydrogen-bond donors (Lipinski definition) is 2. The van der Waals surface area contributed by atoms with Gasteiger partial charge in [0.1, 0.15) is 0 Å². The van der Waals surface area contributed by atoms with Gasteiger partial charge in [-0.05, 0) is 70.3 Å². The van der Waals surface area contributed by atoms with Gasteiger partial charge in [0.05, 0.1) is 11.7 Å². The van der Waals surface area contributed by atoms with E-state index in [9.17, 15) is 9.90 Å². The number of carboxylic acids is 1. The normalized spacial score (nSPS) is 24.2. The van der Waals surface area contributed by atoms with Gasteiger partial charge in [0.25, 0.3) is 0 Å². The average Bonchev–Trinajstić information content (AvgIpc) is 2.65. The number of aromatic carboxylic acids is 1. The number of aryl methyl sites for hydroxylation is 1. The fourth-order valence-electron chi connectivity index (χ4n) is 3.81. The number of carboxylic acid groups (broad SMARTS) is 1. The molecule has 0 aliphatic heterocycles. The second-order valence-corrected chi connectivity index (χ2v) is 7.99. The lowest BCUT2D eigenvalue weighted by atomic mass is 9.61. The summed E-state index contributed by atoms with van der Waals surface area (Å²) in [4.78, 5) is 11.2. The Morgan fingerprint density at radius 1 is 1.15 bits per heavy atom. The van der Waals surface area contributed by atoms with E-state index in [-0.39, 0.29) is 17.5 Å². The van der Waals surface area contributed by atoms with Crippen molar-refractivity contribution in [3.05, 3.63) is 76.4 Å². The van der Waals surface area contributed by atoms with Gasteiger partial charge < -0.3 is 10.2 Å². The minimum absolute atomic E-state index is 0.00678. The summed E-state index contributed by atoms with van der Waals surface area (Å²) in [5, 5.41) is 20.2. The van der Waals surface area contributed by atoms with Crippen LogP contribution in [0.3, 0.4) is 0 Å². The molecular weight excluding hydrogens is 336 g/mol. The molecule has 2 aromatic rings. The fourth-order valence-corrected chi connectivity index (χ4v) is 3.81. The van der Waals surface area contributed by atoms with E-state index < -0.39 is 36.6 Å². The third-order valence-electron chi connectivity index (χ3n) is 5.53. The van der Waals surface area contributed by atoms with Gasteiger partial charge in [0.15, 0.2) is 0 Å². The van der Waals surface area contributed by atoms with Gasteiger partial charge in [-0.15, -0.1) is 0 Å². The Labute approximate surface area is 169 Å². The van der Waals surface area contributed by atoms with E-state index in [2.05, 4.69) is 6.58 Å². The van der Waals surface area contributed by atoms with Crippen LogP contribution in [0, 0.1) is 6.92 Å². The molecule has 3 heteroatoms. The second kappa shape index (κ2) is 6.35. The molecule has 0 fully saturated rings. The maximum atomic E-state index is 11.2. The third kappa shape index (κ3) is 3.21. The van der Waals surface area contributed by atoms with Gasteiger partial charge in [-0.3, -0.25) is 0 Å². The first kappa shape index (κ1) is 12.9.